The average Bonchev–Trinajstić information content (AvgIpc) is 3.26. The number of aromatic nitrogens is 2. The van der Waals surface area contributed by atoms with Crippen molar-refractivity contribution in [3.05, 3.63) is 41.2 Å². The molecule has 2 aromatic rings. The quantitative estimate of drug-likeness (QED) is 0.771. The van der Waals surface area contributed by atoms with Crippen molar-refractivity contribution in [2.24, 2.45) is 0 Å². The van der Waals surface area contributed by atoms with Crippen LogP contribution in [-0.4, -0.2) is 42.0 Å². The van der Waals surface area contributed by atoms with Crippen LogP contribution in [0.4, 0.5) is 5.69 Å². The summed E-state index contributed by atoms with van der Waals surface area (Å²) in [6.07, 6.45) is 1.75. The molecule has 8 heteroatoms. The fourth-order valence-corrected chi connectivity index (χ4v) is 3.05. The van der Waals surface area contributed by atoms with E-state index >= 15 is 0 Å². The molecule has 2 aliphatic rings. The van der Waals surface area contributed by atoms with Gasteiger partial charge >= 0.3 is 0 Å². The van der Waals surface area contributed by atoms with Crippen LogP contribution < -0.4 is 15.4 Å². The maximum absolute atomic E-state index is 12.6. The van der Waals surface area contributed by atoms with Crippen molar-refractivity contribution in [2.45, 2.75) is 25.5 Å². The van der Waals surface area contributed by atoms with Crippen LogP contribution in [0.15, 0.2) is 24.3 Å². The molecule has 7 nitrogen and oxygen atoms in total. The zero-order chi connectivity index (χ0) is 16.4. The van der Waals surface area contributed by atoms with Crippen molar-refractivity contribution in [3.63, 3.8) is 0 Å². The molecule has 1 fully saturated rings. The lowest BCUT2D eigenvalue weighted by atomic mass is 10.1. The van der Waals surface area contributed by atoms with Gasteiger partial charge in [0, 0.05) is 37.2 Å². The van der Waals surface area contributed by atoms with Crippen LogP contribution in [0, 0.1) is 0 Å². The third-order valence-corrected chi connectivity index (χ3v) is 4.34. The van der Waals surface area contributed by atoms with E-state index in [2.05, 4.69) is 20.8 Å². The molecule has 3 N–H and O–H groups in total. The summed E-state index contributed by atoms with van der Waals surface area (Å²) in [4.78, 5) is 12.6. The Kier molecular flexibility index (Phi) is 5.57. The number of hydrogen-bond acceptors (Lipinski definition) is 5. The lowest BCUT2D eigenvalue weighted by Crippen LogP contribution is -2.25. The van der Waals surface area contributed by atoms with Crippen LogP contribution in [-0.2, 0) is 17.7 Å². The van der Waals surface area contributed by atoms with Gasteiger partial charge in [0.2, 0.25) is 0 Å². The predicted molar refractivity (Wildman–Crippen MR) is 95.5 cm³/mol. The first-order valence-corrected chi connectivity index (χ1v) is 8.23. The molecule has 0 saturated carbocycles. The Hall–Kier alpha value is -2.09. The van der Waals surface area contributed by atoms with Crippen molar-refractivity contribution in [1.82, 2.24) is 15.5 Å². The SMILES string of the molecule is Cl.O=C(Nc1ccccc1OC1CCOC1)c1n[nH]c2c1CNCC2. The number of aromatic amines is 1. The van der Waals surface area contributed by atoms with E-state index in [0.717, 1.165) is 30.6 Å². The maximum atomic E-state index is 12.6. The molecule has 1 atom stereocenters. The largest absolute Gasteiger partial charge is 0.486 e. The van der Waals surface area contributed by atoms with E-state index in [0.29, 0.717) is 36.9 Å². The highest BCUT2D eigenvalue weighted by molar-refractivity contribution is 6.04. The average molecular weight is 365 g/mol. The van der Waals surface area contributed by atoms with Gasteiger partial charge in [-0.15, -0.1) is 12.4 Å². The first-order valence-electron chi connectivity index (χ1n) is 8.23. The standard InChI is InChI=1S/C17H20N4O3.ClH/c22-17(16-12-9-18-7-5-13(12)20-21-16)19-14-3-1-2-4-15(14)24-11-6-8-23-10-11;/h1-4,11,18H,5-10H2,(H,19,22)(H,20,21);1H. The Morgan fingerprint density at radius 3 is 3.08 bits per heavy atom. The van der Waals surface area contributed by atoms with Gasteiger partial charge < -0.3 is 20.1 Å². The van der Waals surface area contributed by atoms with Gasteiger partial charge in [0.15, 0.2) is 5.69 Å². The third kappa shape index (κ3) is 3.78. The Morgan fingerprint density at radius 2 is 2.24 bits per heavy atom. The van der Waals surface area contributed by atoms with E-state index in [1.807, 2.05) is 24.3 Å². The molecule has 0 spiro atoms. The molecule has 4 rings (SSSR count). The number of rotatable bonds is 4. The van der Waals surface area contributed by atoms with Crippen molar-refractivity contribution < 1.29 is 14.3 Å². The predicted octanol–water partition coefficient (Wildman–Crippen LogP) is 1.90. The number of H-pyrrole nitrogens is 1. The number of para-hydroxylation sites is 2. The number of benzene rings is 1. The molecule has 1 amide bonds. The zero-order valence-electron chi connectivity index (χ0n) is 13.7. The highest BCUT2D eigenvalue weighted by Gasteiger charge is 2.23. The zero-order valence-corrected chi connectivity index (χ0v) is 14.5. The molecular formula is C17H21ClN4O3. The molecule has 0 radical (unpaired) electrons. The molecule has 0 aliphatic carbocycles. The maximum Gasteiger partial charge on any atom is 0.276 e. The Bertz CT molecular complexity index is 743. The van der Waals surface area contributed by atoms with Crippen molar-refractivity contribution in [3.8, 4) is 5.75 Å². The number of carbonyl (C=O) groups excluding carboxylic acids is 1. The number of nitrogens with one attached hydrogen (secondary N) is 3. The number of carbonyl (C=O) groups is 1. The van der Waals surface area contributed by atoms with Crippen molar-refractivity contribution in [1.29, 1.82) is 0 Å². The van der Waals surface area contributed by atoms with Gasteiger partial charge in [0.1, 0.15) is 11.9 Å². The van der Waals surface area contributed by atoms with E-state index in [1.165, 1.54) is 0 Å². The molecule has 0 bridgehead atoms. The molecule has 1 saturated heterocycles. The smallest absolute Gasteiger partial charge is 0.276 e. The van der Waals surface area contributed by atoms with Crippen LogP contribution in [0.5, 0.6) is 5.75 Å². The summed E-state index contributed by atoms with van der Waals surface area (Å²) in [7, 11) is 0. The third-order valence-electron chi connectivity index (χ3n) is 4.34. The number of anilines is 1. The molecule has 1 unspecified atom stereocenters. The van der Waals surface area contributed by atoms with Gasteiger partial charge in [-0.3, -0.25) is 9.89 Å². The van der Waals surface area contributed by atoms with E-state index in [9.17, 15) is 4.79 Å². The van der Waals surface area contributed by atoms with Crippen molar-refractivity contribution >= 4 is 24.0 Å². The van der Waals surface area contributed by atoms with Crippen LogP contribution in [0.1, 0.15) is 28.2 Å². The summed E-state index contributed by atoms with van der Waals surface area (Å²) in [5.74, 6) is 0.429. The van der Waals surface area contributed by atoms with Gasteiger partial charge in [0.25, 0.3) is 5.91 Å². The monoisotopic (exact) mass is 364 g/mol. The summed E-state index contributed by atoms with van der Waals surface area (Å²) in [5, 5.41) is 13.3. The summed E-state index contributed by atoms with van der Waals surface area (Å²) >= 11 is 0. The van der Waals surface area contributed by atoms with Crippen LogP contribution in [0.3, 0.4) is 0 Å². The summed E-state index contributed by atoms with van der Waals surface area (Å²) in [5.41, 5.74) is 3.07. The fraction of sp³-hybridized carbons (Fsp3) is 0.412. The summed E-state index contributed by atoms with van der Waals surface area (Å²) < 4.78 is 11.3. The van der Waals surface area contributed by atoms with Gasteiger partial charge in [-0.1, -0.05) is 12.1 Å². The number of amides is 1. The fourth-order valence-electron chi connectivity index (χ4n) is 3.05. The molecule has 1 aromatic carbocycles. The minimum Gasteiger partial charge on any atom is -0.486 e. The molecule has 25 heavy (non-hydrogen) atoms. The number of hydrogen-bond donors (Lipinski definition) is 3. The van der Waals surface area contributed by atoms with Crippen LogP contribution in [0.2, 0.25) is 0 Å². The van der Waals surface area contributed by atoms with E-state index < -0.39 is 0 Å². The Balaban J connectivity index is 0.00000182. The molecule has 1 aromatic heterocycles. The highest BCUT2D eigenvalue weighted by Crippen LogP contribution is 2.27. The molecule has 3 heterocycles. The normalized spacial score (nSPS) is 19.0. The number of nitrogens with zero attached hydrogens (tertiary/aromatic N) is 1. The molecule has 2 aliphatic heterocycles. The lowest BCUT2D eigenvalue weighted by Gasteiger charge is -2.16. The first kappa shape index (κ1) is 17.7. The topological polar surface area (TPSA) is 88.3 Å². The lowest BCUT2D eigenvalue weighted by molar-refractivity contribution is 0.101. The molecular weight excluding hydrogens is 344 g/mol. The van der Waals surface area contributed by atoms with E-state index in [-0.39, 0.29) is 24.4 Å². The first-order chi connectivity index (χ1) is 11.8. The second kappa shape index (κ2) is 7.86. The van der Waals surface area contributed by atoms with Gasteiger partial charge in [-0.05, 0) is 12.1 Å². The van der Waals surface area contributed by atoms with Gasteiger partial charge in [0.05, 0.1) is 18.9 Å². The number of fused-ring (bicyclic) bond motifs is 1. The van der Waals surface area contributed by atoms with Crippen LogP contribution >= 0.6 is 12.4 Å². The number of ether oxygens (including phenoxy) is 2. The Morgan fingerprint density at radius 1 is 1.36 bits per heavy atom. The number of halogens is 1. The van der Waals surface area contributed by atoms with Crippen molar-refractivity contribution in [2.75, 3.05) is 25.1 Å². The second-order valence-corrected chi connectivity index (χ2v) is 6.01. The Labute approximate surface area is 151 Å². The minimum absolute atomic E-state index is 0. The van der Waals surface area contributed by atoms with E-state index in [4.69, 9.17) is 9.47 Å². The van der Waals surface area contributed by atoms with Gasteiger partial charge in [-0.2, -0.15) is 5.10 Å². The second-order valence-electron chi connectivity index (χ2n) is 6.01. The summed E-state index contributed by atoms with van der Waals surface area (Å²) in [6.45, 7) is 2.86. The van der Waals surface area contributed by atoms with Crippen LogP contribution in [0.25, 0.3) is 0 Å². The molecule has 134 valence electrons. The minimum atomic E-state index is -0.227. The van der Waals surface area contributed by atoms with E-state index in [1.54, 1.807) is 0 Å². The highest BCUT2D eigenvalue weighted by atomic mass is 35.5. The van der Waals surface area contributed by atoms with Gasteiger partial charge in [-0.25, -0.2) is 0 Å². The summed E-state index contributed by atoms with van der Waals surface area (Å²) in [6, 6.07) is 7.45.